The summed E-state index contributed by atoms with van der Waals surface area (Å²) in [5.74, 6) is 3.25. The second kappa shape index (κ2) is 4.84. The van der Waals surface area contributed by atoms with Crippen LogP contribution in [0.3, 0.4) is 0 Å². The van der Waals surface area contributed by atoms with Gasteiger partial charge in [-0.15, -0.1) is 0 Å². The van der Waals surface area contributed by atoms with E-state index in [1.807, 2.05) is 28.8 Å². The molecule has 1 atom stereocenters. The van der Waals surface area contributed by atoms with E-state index in [0.29, 0.717) is 5.82 Å². The van der Waals surface area contributed by atoms with Crippen molar-refractivity contribution in [1.82, 2.24) is 4.98 Å². The molecule has 4 aliphatic carbocycles. The Labute approximate surface area is 142 Å². The number of aromatic amines is 1. The number of H-pyrrole nitrogens is 1. The van der Waals surface area contributed by atoms with Crippen molar-refractivity contribution in [3.63, 3.8) is 0 Å². The quantitative estimate of drug-likeness (QED) is 0.834. The highest BCUT2D eigenvalue weighted by molar-refractivity contribution is 5.85. The van der Waals surface area contributed by atoms with Crippen LogP contribution in [0.25, 0.3) is 10.9 Å². The number of para-hydroxylation sites is 1. The molecule has 0 radical (unpaired) electrons. The zero-order valence-electron chi connectivity index (χ0n) is 14.3. The first-order valence-corrected chi connectivity index (χ1v) is 9.38. The SMILES string of the molecule is C[C@H]([n+]1c(N)c2ccccc2[nH]c1=O)C12CC3CC(CC(C3)C1)C2. The lowest BCUT2D eigenvalue weighted by atomic mass is 9.48. The topological polar surface area (TPSA) is 62.8 Å². The van der Waals surface area contributed by atoms with Crippen molar-refractivity contribution in [3.8, 4) is 0 Å². The lowest BCUT2D eigenvalue weighted by Crippen LogP contribution is -2.63. The van der Waals surface area contributed by atoms with Crippen LogP contribution >= 0.6 is 0 Å². The largest absolute Gasteiger partial charge is 0.441 e. The highest BCUT2D eigenvalue weighted by Crippen LogP contribution is 2.62. The van der Waals surface area contributed by atoms with Crippen LogP contribution in [-0.2, 0) is 0 Å². The number of nitrogens with zero attached hydrogens (tertiary/aromatic N) is 1. The van der Waals surface area contributed by atoms with Crippen molar-refractivity contribution in [2.75, 3.05) is 5.73 Å². The van der Waals surface area contributed by atoms with Gasteiger partial charge in [0.15, 0.2) is 0 Å². The molecule has 126 valence electrons. The summed E-state index contributed by atoms with van der Waals surface area (Å²) in [6.07, 6.45) is 8.08. The van der Waals surface area contributed by atoms with Gasteiger partial charge >= 0.3 is 5.69 Å². The summed E-state index contributed by atoms with van der Waals surface area (Å²) in [6.45, 7) is 2.23. The van der Waals surface area contributed by atoms with Gasteiger partial charge in [-0.1, -0.05) is 12.1 Å². The van der Waals surface area contributed by atoms with Gasteiger partial charge < -0.3 is 5.73 Å². The molecule has 0 saturated heterocycles. The second-order valence-electron chi connectivity index (χ2n) is 8.69. The summed E-state index contributed by atoms with van der Waals surface area (Å²) in [5.41, 5.74) is 7.52. The number of hydrogen-bond donors (Lipinski definition) is 2. The van der Waals surface area contributed by atoms with Crippen molar-refractivity contribution in [2.45, 2.75) is 51.5 Å². The summed E-state index contributed by atoms with van der Waals surface area (Å²) < 4.78 is 1.86. The minimum absolute atomic E-state index is 0.0607. The standard InChI is InChI=1S/C20H25N3O/c1-12(20-9-13-6-14(10-20)8-15(7-13)11-20)23-18(21)16-4-2-3-5-17(16)22-19(23)24/h2-5,12-15H,6-11H2,1H3,(H2,21,22,24)/p+1/t12-,13?,14?,15?,20?/m0/s1. The van der Waals surface area contributed by atoms with Crippen LogP contribution < -0.4 is 16.0 Å². The van der Waals surface area contributed by atoms with Crippen molar-refractivity contribution < 1.29 is 4.57 Å². The Morgan fingerprint density at radius 1 is 1.12 bits per heavy atom. The lowest BCUT2D eigenvalue weighted by molar-refractivity contribution is -0.737. The second-order valence-corrected chi connectivity index (χ2v) is 8.69. The summed E-state index contributed by atoms with van der Waals surface area (Å²) in [7, 11) is 0. The van der Waals surface area contributed by atoms with Crippen LogP contribution in [0.15, 0.2) is 29.1 Å². The summed E-state index contributed by atoms with van der Waals surface area (Å²) >= 11 is 0. The molecular formula is C20H26N3O+. The molecule has 6 rings (SSSR count). The van der Waals surface area contributed by atoms with E-state index in [1.54, 1.807) is 0 Å². The van der Waals surface area contributed by atoms with Crippen molar-refractivity contribution >= 4 is 16.7 Å². The van der Waals surface area contributed by atoms with Crippen molar-refractivity contribution in [2.24, 2.45) is 23.2 Å². The molecule has 0 spiro atoms. The van der Waals surface area contributed by atoms with Gasteiger partial charge in [-0.3, -0.25) is 0 Å². The van der Waals surface area contributed by atoms with Gasteiger partial charge in [-0.05, 0) is 75.3 Å². The van der Waals surface area contributed by atoms with Gasteiger partial charge in [0.1, 0.15) is 5.52 Å². The Kier molecular flexibility index (Phi) is 2.92. The summed E-state index contributed by atoms with van der Waals surface area (Å²) in [6, 6.07) is 8.01. The minimum Gasteiger partial charge on any atom is -0.318 e. The number of rotatable bonds is 2. The number of anilines is 1. The molecule has 0 unspecified atom stereocenters. The van der Waals surface area contributed by atoms with Crippen LogP contribution in [0.2, 0.25) is 0 Å². The molecule has 4 heteroatoms. The van der Waals surface area contributed by atoms with Crippen LogP contribution in [0, 0.1) is 23.2 Å². The highest BCUT2D eigenvalue weighted by atomic mass is 16.1. The van der Waals surface area contributed by atoms with E-state index in [9.17, 15) is 4.79 Å². The zero-order chi connectivity index (χ0) is 16.5. The third-order valence-corrected chi connectivity index (χ3v) is 7.28. The average molecular weight is 324 g/mol. The van der Waals surface area contributed by atoms with E-state index in [1.165, 1.54) is 38.5 Å². The molecule has 4 saturated carbocycles. The maximum Gasteiger partial charge on any atom is 0.441 e. The normalized spacial score (nSPS) is 35.5. The summed E-state index contributed by atoms with van der Waals surface area (Å²) in [4.78, 5) is 15.9. The molecule has 1 aromatic heterocycles. The molecule has 1 heterocycles. The molecule has 4 nitrogen and oxygen atoms in total. The first-order chi connectivity index (χ1) is 11.6. The van der Waals surface area contributed by atoms with Gasteiger partial charge in [0.05, 0.1) is 11.4 Å². The first-order valence-electron chi connectivity index (χ1n) is 9.38. The van der Waals surface area contributed by atoms with Crippen LogP contribution in [0.5, 0.6) is 0 Å². The van der Waals surface area contributed by atoms with Crippen LogP contribution in [-0.4, -0.2) is 4.98 Å². The van der Waals surface area contributed by atoms with E-state index in [-0.39, 0.29) is 17.1 Å². The Morgan fingerprint density at radius 3 is 2.33 bits per heavy atom. The number of hydrogen-bond acceptors (Lipinski definition) is 2. The van der Waals surface area contributed by atoms with E-state index in [2.05, 4.69) is 11.9 Å². The van der Waals surface area contributed by atoms with Gasteiger partial charge in [-0.25, -0.2) is 9.78 Å². The van der Waals surface area contributed by atoms with Gasteiger partial charge in [0, 0.05) is 5.41 Å². The number of aromatic nitrogens is 2. The molecule has 4 bridgehead atoms. The maximum atomic E-state index is 12.8. The average Bonchev–Trinajstić information content (AvgIpc) is 2.53. The molecule has 2 aromatic rings. The predicted molar refractivity (Wildman–Crippen MR) is 94.5 cm³/mol. The molecule has 0 amide bonds. The minimum atomic E-state index is -0.0607. The Hall–Kier alpha value is -1.84. The lowest BCUT2D eigenvalue weighted by Gasteiger charge is -2.58. The highest BCUT2D eigenvalue weighted by Gasteiger charge is 2.55. The third kappa shape index (κ3) is 1.92. The third-order valence-electron chi connectivity index (χ3n) is 7.28. The van der Waals surface area contributed by atoms with Gasteiger partial charge in [0.25, 0.3) is 0 Å². The van der Waals surface area contributed by atoms with Crippen molar-refractivity contribution in [1.29, 1.82) is 0 Å². The van der Waals surface area contributed by atoms with Crippen LogP contribution in [0.1, 0.15) is 51.5 Å². The van der Waals surface area contributed by atoms with Crippen LogP contribution in [0.4, 0.5) is 5.82 Å². The fourth-order valence-electron chi connectivity index (χ4n) is 6.58. The number of nitrogen functional groups attached to an aromatic ring is 1. The number of fused-ring (bicyclic) bond motifs is 1. The molecule has 1 aromatic carbocycles. The van der Waals surface area contributed by atoms with Gasteiger partial charge in [0.2, 0.25) is 5.82 Å². The number of nitrogens with one attached hydrogen (secondary N) is 1. The molecule has 4 fully saturated rings. The maximum absolute atomic E-state index is 12.8. The molecule has 4 aliphatic rings. The molecule has 0 aliphatic heterocycles. The Balaban J connectivity index is 1.64. The molecular weight excluding hydrogens is 298 g/mol. The number of benzene rings is 1. The fraction of sp³-hybridized carbons (Fsp3) is 0.600. The molecule has 3 N–H and O–H groups in total. The zero-order valence-corrected chi connectivity index (χ0v) is 14.3. The molecule has 24 heavy (non-hydrogen) atoms. The smallest absolute Gasteiger partial charge is 0.318 e. The fourth-order valence-corrected chi connectivity index (χ4v) is 6.58. The Bertz CT molecular complexity index is 834. The number of nitrogens with two attached hydrogens (primary N) is 1. The summed E-state index contributed by atoms with van der Waals surface area (Å²) in [5, 5.41) is 0.952. The van der Waals surface area contributed by atoms with E-state index in [4.69, 9.17) is 5.73 Å². The monoisotopic (exact) mass is 324 g/mol. The van der Waals surface area contributed by atoms with E-state index in [0.717, 1.165) is 28.7 Å². The van der Waals surface area contributed by atoms with E-state index < -0.39 is 0 Å². The Morgan fingerprint density at radius 2 is 1.71 bits per heavy atom. The predicted octanol–water partition coefficient (Wildman–Crippen LogP) is 3.18. The van der Waals surface area contributed by atoms with Crippen molar-refractivity contribution in [3.05, 3.63) is 34.7 Å². The first kappa shape index (κ1) is 14.5. The van der Waals surface area contributed by atoms with Gasteiger partial charge in [-0.2, -0.15) is 4.57 Å². The van der Waals surface area contributed by atoms with E-state index >= 15 is 0 Å².